The molecule has 102 valence electrons. The van der Waals surface area contributed by atoms with Crippen LogP contribution in [0.15, 0.2) is 22.8 Å². The number of rotatable bonds is 3. The van der Waals surface area contributed by atoms with Gasteiger partial charge in [-0.25, -0.2) is 14.2 Å². The van der Waals surface area contributed by atoms with Gasteiger partial charge in [0, 0.05) is 23.9 Å². The van der Waals surface area contributed by atoms with E-state index in [0.29, 0.717) is 5.56 Å². The molecule has 4 nitrogen and oxygen atoms in total. The van der Waals surface area contributed by atoms with Crippen molar-refractivity contribution >= 4 is 15.9 Å². The van der Waals surface area contributed by atoms with E-state index in [1.807, 2.05) is 0 Å². The summed E-state index contributed by atoms with van der Waals surface area (Å²) in [7, 11) is 1.75. The SMILES string of the molecule is Cc1c(C(NN)c2c(F)ccc(Br)c2F)cnn1C. The monoisotopic (exact) mass is 330 g/mol. The molecule has 2 rings (SSSR count). The minimum absolute atomic E-state index is 0.132. The zero-order valence-electron chi connectivity index (χ0n) is 10.4. The second-order valence-corrected chi connectivity index (χ2v) is 5.02. The first-order valence-electron chi connectivity index (χ1n) is 5.55. The molecule has 0 saturated carbocycles. The molecule has 1 aromatic heterocycles. The van der Waals surface area contributed by atoms with Gasteiger partial charge >= 0.3 is 0 Å². The quantitative estimate of drug-likeness (QED) is 0.516. The average Bonchev–Trinajstić information content (AvgIpc) is 2.71. The number of aryl methyl sites for hydroxylation is 1. The summed E-state index contributed by atoms with van der Waals surface area (Å²) in [5, 5.41) is 4.06. The first-order valence-corrected chi connectivity index (χ1v) is 6.34. The maximum Gasteiger partial charge on any atom is 0.145 e. The van der Waals surface area contributed by atoms with Gasteiger partial charge in [-0.05, 0) is 35.0 Å². The molecule has 0 aliphatic heterocycles. The summed E-state index contributed by atoms with van der Waals surface area (Å²) < 4.78 is 29.8. The minimum atomic E-state index is -0.800. The van der Waals surface area contributed by atoms with Crippen molar-refractivity contribution in [3.05, 3.63) is 51.3 Å². The van der Waals surface area contributed by atoms with Gasteiger partial charge in [-0.15, -0.1) is 0 Å². The Bertz CT molecular complexity index is 612. The number of aromatic nitrogens is 2. The molecule has 0 bridgehead atoms. The number of benzene rings is 1. The Labute approximate surface area is 117 Å². The Balaban J connectivity index is 2.61. The molecule has 0 radical (unpaired) electrons. The van der Waals surface area contributed by atoms with Gasteiger partial charge in [0.1, 0.15) is 11.6 Å². The zero-order chi connectivity index (χ0) is 14.2. The molecule has 19 heavy (non-hydrogen) atoms. The summed E-state index contributed by atoms with van der Waals surface area (Å²) in [5.74, 6) is 4.13. The third-order valence-electron chi connectivity index (χ3n) is 3.12. The molecular weight excluding hydrogens is 318 g/mol. The fourth-order valence-electron chi connectivity index (χ4n) is 1.94. The molecule has 3 N–H and O–H groups in total. The van der Waals surface area contributed by atoms with Gasteiger partial charge in [0.15, 0.2) is 0 Å². The van der Waals surface area contributed by atoms with Gasteiger partial charge < -0.3 is 0 Å². The lowest BCUT2D eigenvalue weighted by molar-refractivity contribution is 0.506. The van der Waals surface area contributed by atoms with Crippen LogP contribution in [0.25, 0.3) is 0 Å². The fourth-order valence-corrected chi connectivity index (χ4v) is 2.28. The lowest BCUT2D eigenvalue weighted by Gasteiger charge is -2.18. The highest BCUT2D eigenvalue weighted by Gasteiger charge is 2.25. The van der Waals surface area contributed by atoms with Crippen LogP contribution in [0.2, 0.25) is 0 Å². The number of halogens is 3. The zero-order valence-corrected chi connectivity index (χ0v) is 12.0. The van der Waals surface area contributed by atoms with Crippen LogP contribution in [0.3, 0.4) is 0 Å². The largest absolute Gasteiger partial charge is 0.273 e. The normalized spacial score (nSPS) is 12.7. The number of nitrogens with zero attached hydrogens (tertiary/aromatic N) is 2. The van der Waals surface area contributed by atoms with Crippen molar-refractivity contribution in [2.75, 3.05) is 0 Å². The van der Waals surface area contributed by atoms with E-state index in [1.165, 1.54) is 12.1 Å². The standard InChI is InChI=1S/C12H13BrF2N4/c1-6-7(5-17-19(6)2)12(18-16)10-9(14)4-3-8(13)11(10)15/h3-5,12,18H,16H2,1-2H3. The van der Waals surface area contributed by atoms with Gasteiger partial charge in [0.05, 0.1) is 16.7 Å². The second-order valence-electron chi connectivity index (χ2n) is 4.17. The van der Waals surface area contributed by atoms with Crippen LogP contribution >= 0.6 is 15.9 Å². The third kappa shape index (κ3) is 2.41. The summed E-state index contributed by atoms with van der Waals surface area (Å²) in [6.45, 7) is 1.81. The van der Waals surface area contributed by atoms with Crippen LogP contribution < -0.4 is 11.3 Å². The van der Waals surface area contributed by atoms with Crippen molar-refractivity contribution in [3.63, 3.8) is 0 Å². The highest BCUT2D eigenvalue weighted by molar-refractivity contribution is 9.10. The van der Waals surface area contributed by atoms with E-state index in [2.05, 4.69) is 26.5 Å². The van der Waals surface area contributed by atoms with Crippen molar-refractivity contribution in [1.82, 2.24) is 15.2 Å². The molecule has 0 aliphatic carbocycles. The molecular formula is C12H13BrF2N4. The van der Waals surface area contributed by atoms with E-state index in [-0.39, 0.29) is 10.0 Å². The van der Waals surface area contributed by atoms with Crippen molar-refractivity contribution in [3.8, 4) is 0 Å². The first kappa shape index (κ1) is 14.1. The highest BCUT2D eigenvalue weighted by Crippen LogP contribution is 2.31. The molecule has 1 atom stereocenters. The number of hydrazine groups is 1. The molecule has 0 aliphatic rings. The Morgan fingerprint density at radius 3 is 2.63 bits per heavy atom. The number of nitrogens with two attached hydrogens (primary N) is 1. The first-order chi connectivity index (χ1) is 8.97. The molecule has 0 fully saturated rings. The van der Waals surface area contributed by atoms with Crippen molar-refractivity contribution in [2.24, 2.45) is 12.9 Å². The van der Waals surface area contributed by atoms with E-state index in [9.17, 15) is 8.78 Å². The van der Waals surface area contributed by atoms with E-state index in [1.54, 1.807) is 24.9 Å². The summed E-state index contributed by atoms with van der Waals surface area (Å²) in [6, 6.07) is 1.71. The van der Waals surface area contributed by atoms with Crippen LogP contribution in [-0.2, 0) is 7.05 Å². The summed E-state index contributed by atoms with van der Waals surface area (Å²) >= 11 is 3.04. The van der Waals surface area contributed by atoms with E-state index in [4.69, 9.17) is 5.84 Å². The van der Waals surface area contributed by atoms with Crippen LogP contribution in [0, 0.1) is 18.6 Å². The molecule has 0 amide bonds. The number of hydrogen-bond donors (Lipinski definition) is 2. The molecule has 7 heteroatoms. The Morgan fingerprint density at radius 1 is 1.42 bits per heavy atom. The fraction of sp³-hybridized carbons (Fsp3) is 0.250. The third-order valence-corrected chi connectivity index (χ3v) is 3.73. The highest BCUT2D eigenvalue weighted by atomic mass is 79.9. The van der Waals surface area contributed by atoms with Gasteiger partial charge in [0.25, 0.3) is 0 Å². The van der Waals surface area contributed by atoms with Crippen LogP contribution in [0.4, 0.5) is 8.78 Å². The van der Waals surface area contributed by atoms with Crippen molar-refractivity contribution in [1.29, 1.82) is 0 Å². The molecule has 1 aromatic carbocycles. The van der Waals surface area contributed by atoms with Crippen molar-refractivity contribution in [2.45, 2.75) is 13.0 Å². The summed E-state index contributed by atoms with van der Waals surface area (Å²) in [4.78, 5) is 0. The lowest BCUT2D eigenvalue weighted by atomic mass is 9.99. The molecule has 1 heterocycles. The number of nitrogens with one attached hydrogen (secondary N) is 1. The molecule has 2 aromatic rings. The minimum Gasteiger partial charge on any atom is -0.273 e. The smallest absolute Gasteiger partial charge is 0.145 e. The van der Waals surface area contributed by atoms with Crippen molar-refractivity contribution < 1.29 is 8.78 Å². The Morgan fingerprint density at radius 2 is 2.11 bits per heavy atom. The summed E-state index contributed by atoms with van der Waals surface area (Å²) in [5.41, 5.74) is 3.72. The summed E-state index contributed by atoms with van der Waals surface area (Å²) in [6.07, 6.45) is 1.54. The second kappa shape index (κ2) is 5.36. The Kier molecular flexibility index (Phi) is 3.98. The van der Waals surface area contributed by atoms with Crippen LogP contribution in [-0.4, -0.2) is 9.78 Å². The van der Waals surface area contributed by atoms with Gasteiger partial charge in [-0.2, -0.15) is 5.10 Å². The van der Waals surface area contributed by atoms with Gasteiger partial charge in [0.2, 0.25) is 0 Å². The predicted molar refractivity (Wildman–Crippen MR) is 71.2 cm³/mol. The predicted octanol–water partition coefficient (Wildman–Crippen LogP) is 2.32. The maximum atomic E-state index is 14.1. The number of hydrogen-bond acceptors (Lipinski definition) is 3. The van der Waals surface area contributed by atoms with E-state index >= 15 is 0 Å². The average molecular weight is 331 g/mol. The van der Waals surface area contributed by atoms with E-state index in [0.717, 1.165) is 5.69 Å². The molecule has 0 spiro atoms. The topological polar surface area (TPSA) is 55.9 Å². The van der Waals surface area contributed by atoms with Gasteiger partial charge in [-0.1, -0.05) is 0 Å². The lowest BCUT2D eigenvalue weighted by Crippen LogP contribution is -2.30. The molecule has 1 unspecified atom stereocenters. The van der Waals surface area contributed by atoms with Crippen LogP contribution in [0.5, 0.6) is 0 Å². The maximum absolute atomic E-state index is 14.1. The van der Waals surface area contributed by atoms with Crippen LogP contribution in [0.1, 0.15) is 22.9 Å². The van der Waals surface area contributed by atoms with Gasteiger partial charge in [-0.3, -0.25) is 10.5 Å². The van der Waals surface area contributed by atoms with E-state index < -0.39 is 17.7 Å². The Hall–Kier alpha value is -1.31. The molecule has 0 saturated heterocycles.